The standard InChI is InChI=1S/C14H17N3OS/c1-10(13-9-19-11(2)17-13)16-14(18)4-3-12-5-7-15-8-6-12/h5-10H,3-4H2,1-2H3,(H,16,18). The molecule has 0 saturated heterocycles. The molecule has 1 atom stereocenters. The lowest BCUT2D eigenvalue weighted by Crippen LogP contribution is -2.27. The number of pyridine rings is 1. The monoisotopic (exact) mass is 275 g/mol. The Bertz CT molecular complexity index is 539. The third kappa shape index (κ3) is 4.13. The third-order valence-electron chi connectivity index (χ3n) is 2.85. The maximum Gasteiger partial charge on any atom is 0.220 e. The Morgan fingerprint density at radius 2 is 2.16 bits per heavy atom. The van der Waals surface area contributed by atoms with Crippen LogP contribution in [0.15, 0.2) is 29.9 Å². The van der Waals surface area contributed by atoms with Gasteiger partial charge < -0.3 is 5.32 Å². The summed E-state index contributed by atoms with van der Waals surface area (Å²) in [6.45, 7) is 3.92. The van der Waals surface area contributed by atoms with E-state index in [1.54, 1.807) is 23.7 Å². The molecule has 1 unspecified atom stereocenters. The molecule has 4 nitrogen and oxygen atoms in total. The average Bonchev–Trinajstić information content (AvgIpc) is 2.84. The largest absolute Gasteiger partial charge is 0.348 e. The molecule has 1 N–H and O–H groups in total. The Kier molecular flexibility index (Phi) is 4.63. The summed E-state index contributed by atoms with van der Waals surface area (Å²) >= 11 is 1.60. The van der Waals surface area contributed by atoms with Gasteiger partial charge in [0.2, 0.25) is 5.91 Å². The lowest BCUT2D eigenvalue weighted by atomic mass is 10.1. The number of aromatic nitrogens is 2. The molecule has 2 heterocycles. The highest BCUT2D eigenvalue weighted by atomic mass is 32.1. The smallest absolute Gasteiger partial charge is 0.220 e. The van der Waals surface area contributed by atoms with E-state index in [0.29, 0.717) is 6.42 Å². The van der Waals surface area contributed by atoms with E-state index in [-0.39, 0.29) is 11.9 Å². The van der Waals surface area contributed by atoms with Gasteiger partial charge in [0.1, 0.15) is 0 Å². The molecule has 0 aromatic carbocycles. The molecule has 100 valence electrons. The van der Waals surface area contributed by atoms with Crippen molar-refractivity contribution in [2.24, 2.45) is 0 Å². The maximum atomic E-state index is 11.9. The van der Waals surface area contributed by atoms with Gasteiger partial charge in [0, 0.05) is 24.2 Å². The second-order valence-electron chi connectivity index (χ2n) is 4.44. The molecule has 2 aromatic rings. The van der Waals surface area contributed by atoms with Crippen LogP contribution in [0.3, 0.4) is 0 Å². The number of rotatable bonds is 5. The first kappa shape index (κ1) is 13.7. The molecular formula is C14H17N3OS. The van der Waals surface area contributed by atoms with Gasteiger partial charge in [0.15, 0.2) is 0 Å². The van der Waals surface area contributed by atoms with E-state index in [1.807, 2.05) is 31.4 Å². The minimum atomic E-state index is -0.0325. The van der Waals surface area contributed by atoms with Crippen molar-refractivity contribution in [1.82, 2.24) is 15.3 Å². The molecule has 0 radical (unpaired) electrons. The van der Waals surface area contributed by atoms with Crippen LogP contribution >= 0.6 is 11.3 Å². The zero-order valence-corrected chi connectivity index (χ0v) is 11.9. The van der Waals surface area contributed by atoms with E-state index >= 15 is 0 Å². The number of carbonyl (C=O) groups is 1. The summed E-state index contributed by atoms with van der Waals surface area (Å²) < 4.78 is 0. The van der Waals surface area contributed by atoms with Crippen molar-refractivity contribution in [2.75, 3.05) is 0 Å². The molecule has 2 rings (SSSR count). The highest BCUT2D eigenvalue weighted by Gasteiger charge is 2.11. The number of nitrogens with zero attached hydrogens (tertiary/aromatic N) is 2. The van der Waals surface area contributed by atoms with E-state index in [1.165, 1.54) is 0 Å². The summed E-state index contributed by atoms with van der Waals surface area (Å²) in [5.74, 6) is 0.0509. The Morgan fingerprint density at radius 1 is 1.42 bits per heavy atom. The molecule has 5 heteroatoms. The lowest BCUT2D eigenvalue weighted by Gasteiger charge is -2.11. The summed E-state index contributed by atoms with van der Waals surface area (Å²) in [7, 11) is 0. The summed E-state index contributed by atoms with van der Waals surface area (Å²) in [6.07, 6.45) is 4.70. The Hall–Kier alpha value is -1.75. The molecule has 0 spiro atoms. The van der Waals surface area contributed by atoms with E-state index in [9.17, 15) is 4.79 Å². The van der Waals surface area contributed by atoms with Crippen LogP contribution in [0.5, 0.6) is 0 Å². The van der Waals surface area contributed by atoms with Crippen LogP contribution in [-0.2, 0) is 11.2 Å². The quantitative estimate of drug-likeness (QED) is 0.912. The average molecular weight is 275 g/mol. The zero-order chi connectivity index (χ0) is 13.7. The van der Waals surface area contributed by atoms with Gasteiger partial charge in [-0.15, -0.1) is 11.3 Å². The molecule has 2 aromatic heterocycles. The van der Waals surface area contributed by atoms with Gasteiger partial charge >= 0.3 is 0 Å². The predicted octanol–water partition coefficient (Wildman–Crippen LogP) is 2.66. The van der Waals surface area contributed by atoms with Crippen molar-refractivity contribution >= 4 is 17.2 Å². The minimum Gasteiger partial charge on any atom is -0.348 e. The first-order chi connectivity index (χ1) is 9.15. The fourth-order valence-electron chi connectivity index (χ4n) is 1.77. The molecule has 1 amide bonds. The normalized spacial score (nSPS) is 12.1. The topological polar surface area (TPSA) is 54.9 Å². The maximum absolute atomic E-state index is 11.9. The molecule has 0 saturated carbocycles. The summed E-state index contributed by atoms with van der Waals surface area (Å²) in [5, 5.41) is 5.98. The molecular weight excluding hydrogens is 258 g/mol. The van der Waals surface area contributed by atoms with Crippen LogP contribution in [0.1, 0.15) is 35.7 Å². The second kappa shape index (κ2) is 6.43. The van der Waals surface area contributed by atoms with Gasteiger partial charge in [0.05, 0.1) is 16.7 Å². The molecule has 0 aliphatic heterocycles. The van der Waals surface area contributed by atoms with Crippen molar-refractivity contribution in [3.05, 3.63) is 46.2 Å². The number of thiazole rings is 1. The van der Waals surface area contributed by atoms with Gasteiger partial charge in [-0.3, -0.25) is 9.78 Å². The highest BCUT2D eigenvalue weighted by Crippen LogP contribution is 2.15. The number of nitrogens with one attached hydrogen (secondary N) is 1. The fourth-order valence-corrected chi connectivity index (χ4v) is 2.48. The summed E-state index contributed by atoms with van der Waals surface area (Å²) in [6, 6.07) is 3.83. The van der Waals surface area contributed by atoms with Crippen LogP contribution in [-0.4, -0.2) is 15.9 Å². The van der Waals surface area contributed by atoms with E-state index in [4.69, 9.17) is 0 Å². The number of aryl methyl sites for hydroxylation is 2. The fraction of sp³-hybridized carbons (Fsp3) is 0.357. The SMILES string of the molecule is Cc1nc(C(C)NC(=O)CCc2ccncc2)cs1. The Morgan fingerprint density at radius 3 is 2.79 bits per heavy atom. The van der Waals surface area contributed by atoms with Gasteiger partial charge in [-0.1, -0.05) is 0 Å². The number of amides is 1. The Balaban J connectivity index is 1.81. The van der Waals surface area contributed by atoms with Crippen molar-refractivity contribution < 1.29 is 4.79 Å². The molecule has 0 bridgehead atoms. The van der Waals surface area contributed by atoms with Crippen molar-refractivity contribution in [2.45, 2.75) is 32.7 Å². The third-order valence-corrected chi connectivity index (χ3v) is 3.64. The number of hydrogen-bond donors (Lipinski definition) is 1. The minimum absolute atomic E-state index is 0.0325. The van der Waals surface area contributed by atoms with E-state index in [0.717, 1.165) is 22.7 Å². The van der Waals surface area contributed by atoms with Gasteiger partial charge in [0.25, 0.3) is 0 Å². The first-order valence-corrected chi connectivity index (χ1v) is 7.13. The first-order valence-electron chi connectivity index (χ1n) is 6.25. The van der Waals surface area contributed by atoms with Crippen molar-refractivity contribution in [1.29, 1.82) is 0 Å². The zero-order valence-electron chi connectivity index (χ0n) is 11.1. The lowest BCUT2D eigenvalue weighted by molar-refractivity contribution is -0.121. The number of carbonyl (C=O) groups excluding carboxylic acids is 1. The molecule has 0 aliphatic rings. The summed E-state index contributed by atoms with van der Waals surface area (Å²) in [4.78, 5) is 20.2. The predicted molar refractivity (Wildman–Crippen MR) is 76.0 cm³/mol. The summed E-state index contributed by atoms with van der Waals surface area (Å²) in [5.41, 5.74) is 2.06. The highest BCUT2D eigenvalue weighted by molar-refractivity contribution is 7.09. The van der Waals surface area contributed by atoms with Crippen molar-refractivity contribution in [3.63, 3.8) is 0 Å². The Labute approximate surface area is 116 Å². The van der Waals surface area contributed by atoms with Gasteiger partial charge in [-0.25, -0.2) is 4.98 Å². The van der Waals surface area contributed by atoms with Gasteiger partial charge in [-0.2, -0.15) is 0 Å². The van der Waals surface area contributed by atoms with Gasteiger partial charge in [-0.05, 0) is 38.0 Å². The second-order valence-corrected chi connectivity index (χ2v) is 5.50. The molecule has 19 heavy (non-hydrogen) atoms. The van der Waals surface area contributed by atoms with E-state index in [2.05, 4.69) is 15.3 Å². The van der Waals surface area contributed by atoms with Crippen LogP contribution < -0.4 is 5.32 Å². The van der Waals surface area contributed by atoms with Crippen LogP contribution in [0.4, 0.5) is 0 Å². The molecule has 0 aliphatic carbocycles. The van der Waals surface area contributed by atoms with Crippen LogP contribution in [0, 0.1) is 6.92 Å². The number of hydrogen-bond acceptors (Lipinski definition) is 4. The van der Waals surface area contributed by atoms with E-state index < -0.39 is 0 Å². The molecule has 0 fully saturated rings. The van der Waals surface area contributed by atoms with Crippen LogP contribution in [0.2, 0.25) is 0 Å². The van der Waals surface area contributed by atoms with Crippen LogP contribution in [0.25, 0.3) is 0 Å². The van der Waals surface area contributed by atoms with Crippen molar-refractivity contribution in [3.8, 4) is 0 Å².